The van der Waals surface area contributed by atoms with Gasteiger partial charge in [-0.15, -0.1) is 0 Å². The van der Waals surface area contributed by atoms with Gasteiger partial charge in [0.05, 0.1) is 10.5 Å². The summed E-state index contributed by atoms with van der Waals surface area (Å²) in [6.07, 6.45) is 1.67. The Morgan fingerprint density at radius 2 is 2.04 bits per heavy atom. The lowest BCUT2D eigenvalue weighted by molar-refractivity contribution is -0.122. The predicted molar refractivity (Wildman–Crippen MR) is 102 cm³/mol. The van der Waals surface area contributed by atoms with Crippen molar-refractivity contribution < 1.29 is 19.1 Å². The Kier molecular flexibility index (Phi) is 5.27. The number of thioether (sulfide) groups is 1. The lowest BCUT2D eigenvalue weighted by Gasteiger charge is -2.11. The highest BCUT2D eigenvalue weighted by Crippen LogP contribution is 2.33. The fourth-order valence-electron chi connectivity index (χ4n) is 2.63. The van der Waals surface area contributed by atoms with Crippen LogP contribution in [0.1, 0.15) is 30.0 Å². The zero-order chi connectivity index (χ0) is 18.7. The van der Waals surface area contributed by atoms with Crippen LogP contribution in [0.5, 0.6) is 0 Å². The van der Waals surface area contributed by atoms with Crippen LogP contribution in [0.2, 0.25) is 0 Å². The smallest absolute Gasteiger partial charge is 0.336 e. The van der Waals surface area contributed by atoms with E-state index in [0.29, 0.717) is 40.2 Å². The number of carbonyl (C=O) groups is 2. The Morgan fingerprint density at radius 1 is 1.27 bits per heavy atom. The van der Waals surface area contributed by atoms with Gasteiger partial charge in [0.15, 0.2) is 5.17 Å². The Hall–Kier alpha value is -2.80. The van der Waals surface area contributed by atoms with Crippen molar-refractivity contribution in [3.8, 4) is 11.3 Å². The molecule has 1 aromatic heterocycles. The Balaban J connectivity index is 1.92. The van der Waals surface area contributed by atoms with E-state index >= 15 is 0 Å². The molecule has 1 aliphatic rings. The molecule has 1 aromatic carbocycles. The van der Waals surface area contributed by atoms with Gasteiger partial charge in [0.2, 0.25) is 0 Å². The summed E-state index contributed by atoms with van der Waals surface area (Å²) < 4.78 is 5.77. The molecule has 2 heterocycles. The molecule has 1 fully saturated rings. The third kappa shape index (κ3) is 3.43. The summed E-state index contributed by atoms with van der Waals surface area (Å²) in [6, 6.07) is 10.1. The molecule has 0 atom stereocenters. The normalized spacial score (nSPS) is 17.5. The van der Waals surface area contributed by atoms with Gasteiger partial charge in [0.25, 0.3) is 5.91 Å². The van der Waals surface area contributed by atoms with Gasteiger partial charge < -0.3 is 9.52 Å². The lowest BCUT2D eigenvalue weighted by Crippen LogP contribution is -2.28. The van der Waals surface area contributed by atoms with Crippen molar-refractivity contribution >= 4 is 34.9 Å². The second kappa shape index (κ2) is 7.61. The zero-order valence-electron chi connectivity index (χ0n) is 14.4. The first kappa shape index (κ1) is 18.0. The van der Waals surface area contributed by atoms with Crippen LogP contribution in [-0.2, 0) is 4.79 Å². The number of carboxylic acids is 1. The molecule has 134 valence electrons. The molecular weight excluding hydrogens is 352 g/mol. The maximum atomic E-state index is 12.5. The monoisotopic (exact) mass is 370 g/mol. The first-order chi connectivity index (χ1) is 12.5. The Bertz CT molecular complexity index is 914. The zero-order valence-corrected chi connectivity index (χ0v) is 15.2. The summed E-state index contributed by atoms with van der Waals surface area (Å²) in [5, 5.41) is 10.0. The van der Waals surface area contributed by atoms with Crippen LogP contribution in [0.4, 0.5) is 0 Å². The molecule has 1 N–H and O–H groups in total. The average Bonchev–Trinajstić information content (AvgIpc) is 3.21. The van der Waals surface area contributed by atoms with Crippen LogP contribution in [0.25, 0.3) is 17.4 Å². The summed E-state index contributed by atoms with van der Waals surface area (Å²) in [6.45, 7) is 4.99. The summed E-state index contributed by atoms with van der Waals surface area (Å²) in [7, 11) is 0. The van der Waals surface area contributed by atoms with Crippen molar-refractivity contribution in [2.45, 2.75) is 13.8 Å². The van der Waals surface area contributed by atoms with Crippen LogP contribution < -0.4 is 0 Å². The van der Waals surface area contributed by atoms with Gasteiger partial charge in [-0.25, -0.2) is 4.79 Å². The molecule has 0 unspecified atom stereocenters. The number of nitrogens with zero attached hydrogens (tertiary/aromatic N) is 2. The van der Waals surface area contributed by atoms with E-state index in [2.05, 4.69) is 4.99 Å². The van der Waals surface area contributed by atoms with Gasteiger partial charge in [-0.2, -0.15) is 0 Å². The molecule has 1 aliphatic heterocycles. The minimum absolute atomic E-state index is 0.103. The number of furan rings is 1. The van der Waals surface area contributed by atoms with E-state index in [1.54, 1.807) is 41.3 Å². The quantitative estimate of drug-likeness (QED) is 0.806. The summed E-state index contributed by atoms with van der Waals surface area (Å²) >= 11 is 1.32. The van der Waals surface area contributed by atoms with Crippen molar-refractivity contribution in [2.75, 3.05) is 13.1 Å². The van der Waals surface area contributed by atoms with Gasteiger partial charge in [0, 0.05) is 24.7 Å². The van der Waals surface area contributed by atoms with Crippen LogP contribution in [0.15, 0.2) is 50.7 Å². The van der Waals surface area contributed by atoms with Crippen molar-refractivity contribution in [3.63, 3.8) is 0 Å². The average molecular weight is 370 g/mol. The van der Waals surface area contributed by atoms with E-state index in [9.17, 15) is 14.7 Å². The minimum atomic E-state index is -1.02. The Morgan fingerprint density at radius 3 is 2.73 bits per heavy atom. The standard InChI is InChI=1S/C19H18N2O4S/c1-3-20-19-21(4-2)17(22)16(26-19)11-12-9-10-15(25-12)13-7-5-6-8-14(13)18(23)24/h5-11H,3-4H2,1-2H3,(H,23,24)/b16-11-,20-19?. The Labute approximate surface area is 155 Å². The van der Waals surface area contributed by atoms with Crippen LogP contribution in [0.3, 0.4) is 0 Å². The van der Waals surface area contributed by atoms with Gasteiger partial charge in [-0.05, 0) is 43.8 Å². The molecule has 26 heavy (non-hydrogen) atoms. The van der Waals surface area contributed by atoms with Crippen molar-refractivity contribution in [3.05, 3.63) is 52.6 Å². The second-order valence-corrected chi connectivity index (χ2v) is 6.48. The minimum Gasteiger partial charge on any atom is -0.478 e. The molecule has 2 aromatic rings. The third-order valence-corrected chi connectivity index (χ3v) is 4.87. The number of amides is 1. The van der Waals surface area contributed by atoms with E-state index < -0.39 is 5.97 Å². The largest absolute Gasteiger partial charge is 0.478 e. The highest BCUT2D eigenvalue weighted by atomic mass is 32.2. The molecule has 1 saturated heterocycles. The van der Waals surface area contributed by atoms with Crippen LogP contribution in [-0.4, -0.2) is 40.1 Å². The highest BCUT2D eigenvalue weighted by molar-refractivity contribution is 8.18. The first-order valence-electron chi connectivity index (χ1n) is 8.23. The summed E-state index contributed by atoms with van der Waals surface area (Å²) in [5.41, 5.74) is 0.667. The first-order valence-corrected chi connectivity index (χ1v) is 9.05. The molecule has 0 aliphatic carbocycles. The molecule has 0 radical (unpaired) electrons. The number of likely N-dealkylation sites (N-methyl/N-ethyl adjacent to an activating group) is 1. The SMILES string of the molecule is CCN=C1S/C(=C\c2ccc(-c3ccccc3C(=O)O)o2)C(=O)N1CC. The number of rotatable bonds is 5. The molecule has 7 heteroatoms. The molecule has 1 amide bonds. The van der Waals surface area contributed by atoms with E-state index in [4.69, 9.17) is 4.42 Å². The summed E-state index contributed by atoms with van der Waals surface area (Å²) in [4.78, 5) is 30.4. The number of aromatic carboxylic acids is 1. The van der Waals surface area contributed by atoms with Gasteiger partial charge in [-0.1, -0.05) is 18.2 Å². The molecule has 0 spiro atoms. The van der Waals surface area contributed by atoms with Gasteiger partial charge in [-0.3, -0.25) is 14.7 Å². The second-order valence-electron chi connectivity index (χ2n) is 5.47. The van der Waals surface area contributed by atoms with Crippen molar-refractivity contribution in [1.82, 2.24) is 4.90 Å². The number of hydrogen-bond donors (Lipinski definition) is 1. The number of carboxylic acid groups (broad SMARTS) is 1. The molecule has 3 rings (SSSR count). The van der Waals surface area contributed by atoms with Crippen LogP contribution >= 0.6 is 11.8 Å². The molecule has 0 bridgehead atoms. The molecule has 0 saturated carbocycles. The third-order valence-electron chi connectivity index (χ3n) is 3.82. The maximum absolute atomic E-state index is 12.5. The molecular formula is C19H18N2O4S. The number of benzene rings is 1. The van der Waals surface area contributed by atoms with E-state index in [1.807, 2.05) is 13.8 Å². The summed E-state index contributed by atoms with van der Waals surface area (Å²) in [5.74, 6) is -0.184. The predicted octanol–water partition coefficient (Wildman–Crippen LogP) is 3.96. The fraction of sp³-hybridized carbons (Fsp3) is 0.211. The van der Waals surface area contributed by atoms with Crippen molar-refractivity contribution in [2.24, 2.45) is 4.99 Å². The van der Waals surface area contributed by atoms with Gasteiger partial charge >= 0.3 is 5.97 Å². The van der Waals surface area contributed by atoms with Crippen molar-refractivity contribution in [1.29, 1.82) is 0 Å². The number of amidine groups is 1. The number of hydrogen-bond acceptors (Lipinski definition) is 5. The van der Waals surface area contributed by atoms with E-state index in [0.717, 1.165) is 0 Å². The van der Waals surface area contributed by atoms with Crippen LogP contribution in [0, 0.1) is 0 Å². The van der Waals surface area contributed by atoms with E-state index in [1.165, 1.54) is 17.8 Å². The highest BCUT2D eigenvalue weighted by Gasteiger charge is 2.32. The fourth-order valence-corrected chi connectivity index (χ4v) is 3.71. The topological polar surface area (TPSA) is 83.1 Å². The lowest BCUT2D eigenvalue weighted by atomic mass is 10.1. The maximum Gasteiger partial charge on any atom is 0.336 e. The molecule has 6 nitrogen and oxygen atoms in total. The number of aliphatic imine (C=N–C) groups is 1. The number of carbonyl (C=O) groups excluding carboxylic acids is 1. The van der Waals surface area contributed by atoms with E-state index in [-0.39, 0.29) is 11.5 Å². The van der Waals surface area contributed by atoms with Gasteiger partial charge in [0.1, 0.15) is 11.5 Å².